The third-order valence-electron chi connectivity index (χ3n) is 8.14. The molecular weight excluding hydrogens is 486 g/mol. The molecule has 1 saturated heterocycles. The largest absolute Gasteiger partial charge is 0.572 e. The fourth-order valence-electron chi connectivity index (χ4n) is 6.28. The zero-order valence-electron chi connectivity index (χ0n) is 20.3. The fourth-order valence-corrected chi connectivity index (χ4v) is 6.28. The quantitative estimate of drug-likeness (QED) is 0.310. The third-order valence-corrected chi connectivity index (χ3v) is 8.14. The number of halogens is 6. The number of nitrogens with one attached hydrogen (secondary N) is 1. The molecule has 2 atom stereocenters. The minimum absolute atomic E-state index is 0.109. The summed E-state index contributed by atoms with van der Waals surface area (Å²) in [6, 6.07) is 1.08. The first kappa shape index (κ1) is 27.0. The molecule has 1 spiro atoms. The molecule has 4 rings (SSSR count). The van der Waals surface area contributed by atoms with Crippen LogP contribution in [0, 0.1) is 10.8 Å². The average molecular weight is 519 g/mol. The fraction of sp³-hybridized carbons (Fsp3) is 0.654. The van der Waals surface area contributed by atoms with Crippen molar-refractivity contribution >= 4 is 0 Å². The van der Waals surface area contributed by atoms with E-state index >= 15 is 0 Å². The van der Waals surface area contributed by atoms with E-state index in [0.717, 1.165) is 44.4 Å². The molecule has 36 heavy (non-hydrogen) atoms. The molecule has 2 aliphatic carbocycles. The van der Waals surface area contributed by atoms with Crippen molar-refractivity contribution in [2.45, 2.75) is 83.0 Å². The Labute approximate surface area is 207 Å². The highest BCUT2D eigenvalue weighted by Crippen LogP contribution is 2.60. The van der Waals surface area contributed by atoms with Crippen LogP contribution in [0.4, 0.5) is 26.3 Å². The molecule has 1 saturated carbocycles. The van der Waals surface area contributed by atoms with E-state index in [9.17, 15) is 26.3 Å². The number of pyridine rings is 1. The number of rotatable bonds is 7. The highest BCUT2D eigenvalue weighted by molar-refractivity contribution is 5.25. The number of aromatic nitrogens is 1. The van der Waals surface area contributed by atoms with Gasteiger partial charge < -0.3 is 14.8 Å². The Morgan fingerprint density at radius 2 is 1.83 bits per heavy atom. The number of allylic oxidation sites excluding steroid dienone is 4. The van der Waals surface area contributed by atoms with Crippen molar-refractivity contribution < 1.29 is 35.8 Å². The van der Waals surface area contributed by atoms with E-state index < -0.39 is 23.5 Å². The van der Waals surface area contributed by atoms with Gasteiger partial charge in [-0.15, -0.1) is 13.2 Å². The summed E-state index contributed by atoms with van der Waals surface area (Å²) in [6.45, 7) is 3.22. The van der Waals surface area contributed by atoms with Gasteiger partial charge in [0, 0.05) is 32.0 Å². The molecule has 200 valence electrons. The van der Waals surface area contributed by atoms with Crippen molar-refractivity contribution in [3.63, 3.8) is 0 Å². The Morgan fingerprint density at radius 1 is 1.08 bits per heavy atom. The topological polar surface area (TPSA) is 43.4 Å². The number of hydrogen-bond acceptors (Lipinski definition) is 4. The van der Waals surface area contributed by atoms with Gasteiger partial charge in [0.2, 0.25) is 0 Å². The number of hydrogen-bond donors (Lipinski definition) is 1. The Balaban J connectivity index is 1.50. The minimum Gasteiger partial charge on any atom is -0.410 e. The van der Waals surface area contributed by atoms with E-state index in [4.69, 9.17) is 4.74 Å². The molecule has 10 heteroatoms. The lowest BCUT2D eigenvalue weighted by molar-refractivity contribution is -0.308. The van der Waals surface area contributed by atoms with Gasteiger partial charge in [0.05, 0.1) is 11.2 Å². The molecule has 0 amide bonds. The van der Waals surface area contributed by atoms with E-state index in [0.29, 0.717) is 31.6 Å². The average Bonchev–Trinajstić information content (AvgIpc) is 3.22. The predicted molar refractivity (Wildman–Crippen MR) is 121 cm³/mol. The van der Waals surface area contributed by atoms with E-state index in [-0.39, 0.29) is 29.7 Å². The van der Waals surface area contributed by atoms with Crippen molar-refractivity contribution in [1.29, 1.82) is 0 Å². The molecule has 1 unspecified atom stereocenters. The maximum absolute atomic E-state index is 13.0. The van der Waals surface area contributed by atoms with Crippen LogP contribution in [0.1, 0.15) is 69.4 Å². The van der Waals surface area contributed by atoms with Crippen molar-refractivity contribution in [2.75, 3.05) is 13.2 Å². The Bertz CT molecular complexity index is 983. The maximum Gasteiger partial charge on any atom is 0.572 e. The molecule has 2 fully saturated rings. The summed E-state index contributed by atoms with van der Waals surface area (Å²) in [6.07, 6.45) is 4.14. The summed E-state index contributed by atoms with van der Waals surface area (Å²) >= 11 is 0. The maximum atomic E-state index is 13.0. The minimum atomic E-state index is -4.76. The number of alkyl halides is 6. The summed E-state index contributed by atoms with van der Waals surface area (Å²) in [5.74, 6) is -0.109. The molecular formula is C26H32F6N2O2. The van der Waals surface area contributed by atoms with Crippen LogP contribution in [-0.2, 0) is 22.2 Å². The lowest BCUT2D eigenvalue weighted by Crippen LogP contribution is -2.52. The lowest BCUT2D eigenvalue weighted by Gasteiger charge is -2.55. The SMILES string of the molecule is CC1([C@]2(CCNCc3cncc(C(F)(F)F)c3)CCOC3(CCCC3)C2)C=CC=C(OC(F)(F)F)C1. The zero-order valence-corrected chi connectivity index (χ0v) is 20.3. The monoisotopic (exact) mass is 518 g/mol. The van der Waals surface area contributed by atoms with Crippen LogP contribution in [0.2, 0.25) is 0 Å². The Morgan fingerprint density at radius 3 is 2.53 bits per heavy atom. The van der Waals surface area contributed by atoms with Crippen LogP contribution >= 0.6 is 0 Å². The van der Waals surface area contributed by atoms with Crippen LogP contribution < -0.4 is 5.32 Å². The zero-order chi connectivity index (χ0) is 26.1. The van der Waals surface area contributed by atoms with Crippen molar-refractivity contribution in [3.05, 3.63) is 53.6 Å². The molecule has 1 aliphatic heterocycles. The van der Waals surface area contributed by atoms with Gasteiger partial charge in [-0.3, -0.25) is 4.98 Å². The summed E-state index contributed by atoms with van der Waals surface area (Å²) < 4.78 is 88.6. The van der Waals surface area contributed by atoms with Gasteiger partial charge in [0.1, 0.15) is 5.76 Å². The van der Waals surface area contributed by atoms with Crippen LogP contribution in [0.5, 0.6) is 0 Å². The lowest BCUT2D eigenvalue weighted by atomic mass is 9.53. The van der Waals surface area contributed by atoms with Crippen LogP contribution in [0.25, 0.3) is 0 Å². The van der Waals surface area contributed by atoms with E-state index in [1.807, 2.05) is 13.0 Å². The van der Waals surface area contributed by atoms with Gasteiger partial charge in [-0.1, -0.05) is 31.9 Å². The Kier molecular flexibility index (Phi) is 7.50. The summed E-state index contributed by atoms with van der Waals surface area (Å²) in [5.41, 5.74) is -1.60. The molecule has 0 aromatic carbocycles. The first-order valence-corrected chi connectivity index (χ1v) is 12.3. The van der Waals surface area contributed by atoms with Gasteiger partial charge in [-0.2, -0.15) is 13.2 Å². The molecule has 1 N–H and O–H groups in total. The highest BCUT2D eigenvalue weighted by atomic mass is 19.4. The second kappa shape index (κ2) is 10.0. The first-order valence-electron chi connectivity index (χ1n) is 12.3. The first-order chi connectivity index (χ1) is 16.8. The van der Waals surface area contributed by atoms with Gasteiger partial charge in [-0.05, 0) is 67.2 Å². The van der Waals surface area contributed by atoms with Gasteiger partial charge in [0.15, 0.2) is 0 Å². The molecule has 0 bridgehead atoms. The van der Waals surface area contributed by atoms with Gasteiger partial charge in [0.25, 0.3) is 0 Å². The summed E-state index contributed by atoms with van der Waals surface area (Å²) in [5, 5.41) is 3.24. The molecule has 3 aliphatic rings. The third kappa shape index (κ3) is 6.07. The predicted octanol–water partition coefficient (Wildman–Crippen LogP) is 7.08. The molecule has 4 nitrogen and oxygen atoms in total. The van der Waals surface area contributed by atoms with Crippen LogP contribution in [0.3, 0.4) is 0 Å². The van der Waals surface area contributed by atoms with Crippen LogP contribution in [0.15, 0.2) is 42.4 Å². The van der Waals surface area contributed by atoms with Crippen molar-refractivity contribution in [1.82, 2.24) is 10.3 Å². The standard InChI is InChI=1S/C26H32F6N2O2/c1-22(6-4-5-21(14-22)36-26(30,31)32)23(10-12-35-24(18-23)7-2-3-8-24)9-11-33-15-19-13-20(17-34-16-19)25(27,28)29/h4-6,13,16-17,33H,2-3,7-12,14-15,18H2,1H3/t22?,23-/m1/s1. The van der Waals surface area contributed by atoms with E-state index in [2.05, 4.69) is 15.0 Å². The molecule has 0 radical (unpaired) electrons. The summed E-state index contributed by atoms with van der Waals surface area (Å²) in [4.78, 5) is 3.71. The molecule has 2 heterocycles. The smallest absolute Gasteiger partial charge is 0.410 e. The van der Waals surface area contributed by atoms with Crippen LogP contribution in [-0.4, -0.2) is 30.1 Å². The van der Waals surface area contributed by atoms with Crippen molar-refractivity contribution in [3.8, 4) is 0 Å². The highest BCUT2D eigenvalue weighted by Gasteiger charge is 2.55. The van der Waals surface area contributed by atoms with E-state index in [1.165, 1.54) is 12.3 Å². The Hall–Kier alpha value is -2.07. The van der Waals surface area contributed by atoms with Crippen molar-refractivity contribution in [2.24, 2.45) is 10.8 Å². The number of nitrogens with zero attached hydrogens (tertiary/aromatic N) is 1. The second-order valence-corrected chi connectivity index (χ2v) is 10.6. The molecule has 1 aromatic rings. The normalized spacial score (nSPS) is 28.4. The van der Waals surface area contributed by atoms with Gasteiger partial charge >= 0.3 is 12.5 Å². The summed E-state index contributed by atoms with van der Waals surface area (Å²) in [7, 11) is 0. The molecule has 1 aromatic heterocycles. The second-order valence-electron chi connectivity index (χ2n) is 10.6. The number of ether oxygens (including phenoxy) is 2. The van der Waals surface area contributed by atoms with E-state index in [1.54, 1.807) is 6.08 Å². The van der Waals surface area contributed by atoms with Gasteiger partial charge in [-0.25, -0.2) is 0 Å².